The molecule has 0 spiro atoms. The molecular formula is C21H39N3O. The van der Waals surface area contributed by atoms with Crippen LogP contribution >= 0.6 is 0 Å². The van der Waals surface area contributed by atoms with Crippen LogP contribution in [-0.2, 0) is 4.79 Å². The van der Waals surface area contributed by atoms with Gasteiger partial charge in [0.15, 0.2) is 0 Å². The highest BCUT2D eigenvalue weighted by molar-refractivity contribution is 5.79. The quantitative estimate of drug-likeness (QED) is 0.762. The van der Waals surface area contributed by atoms with Crippen molar-refractivity contribution in [2.24, 2.45) is 11.8 Å². The van der Waals surface area contributed by atoms with Gasteiger partial charge in [0.2, 0.25) is 5.91 Å². The normalized spacial score (nSPS) is 32.1. The zero-order valence-electron chi connectivity index (χ0n) is 16.8. The Morgan fingerprint density at radius 3 is 2.28 bits per heavy atom. The number of piperazine rings is 1. The molecule has 0 aromatic rings. The molecule has 3 fully saturated rings. The van der Waals surface area contributed by atoms with E-state index >= 15 is 0 Å². The van der Waals surface area contributed by atoms with E-state index < -0.39 is 0 Å². The van der Waals surface area contributed by atoms with Crippen LogP contribution in [0, 0.1) is 11.8 Å². The van der Waals surface area contributed by atoms with E-state index in [1.54, 1.807) is 0 Å². The zero-order chi connectivity index (χ0) is 17.8. The summed E-state index contributed by atoms with van der Waals surface area (Å²) in [4.78, 5) is 19.8. The highest BCUT2D eigenvalue weighted by Gasteiger charge is 2.33. The Balaban J connectivity index is 1.40. The fourth-order valence-corrected chi connectivity index (χ4v) is 5.01. The second kappa shape index (κ2) is 8.85. The third-order valence-corrected chi connectivity index (χ3v) is 7.14. The third-order valence-electron chi connectivity index (χ3n) is 7.14. The number of carbonyl (C=O) groups is 1. The van der Waals surface area contributed by atoms with Crippen molar-refractivity contribution in [2.45, 2.75) is 77.8 Å². The summed E-state index contributed by atoms with van der Waals surface area (Å²) >= 11 is 0. The zero-order valence-corrected chi connectivity index (χ0v) is 16.8. The molecule has 1 unspecified atom stereocenters. The van der Waals surface area contributed by atoms with E-state index in [1.807, 2.05) is 0 Å². The van der Waals surface area contributed by atoms with Crippen LogP contribution in [0.5, 0.6) is 0 Å². The highest BCUT2D eigenvalue weighted by atomic mass is 16.2. The van der Waals surface area contributed by atoms with E-state index in [0.29, 0.717) is 24.5 Å². The summed E-state index contributed by atoms with van der Waals surface area (Å²) in [7, 11) is 0. The first-order valence-electron chi connectivity index (χ1n) is 10.8. The van der Waals surface area contributed by atoms with E-state index in [-0.39, 0.29) is 0 Å². The number of rotatable bonds is 5. The molecule has 3 rings (SSSR count). The van der Waals surface area contributed by atoms with Crippen molar-refractivity contribution in [1.29, 1.82) is 0 Å². The van der Waals surface area contributed by atoms with Gasteiger partial charge in [-0.15, -0.1) is 0 Å². The molecule has 1 saturated carbocycles. The van der Waals surface area contributed by atoms with E-state index in [1.165, 1.54) is 58.2 Å². The summed E-state index contributed by atoms with van der Waals surface area (Å²) < 4.78 is 0. The third kappa shape index (κ3) is 4.97. The number of amides is 1. The Kier molecular flexibility index (Phi) is 6.79. The summed E-state index contributed by atoms with van der Waals surface area (Å²) in [5.41, 5.74) is 0. The number of likely N-dealkylation sites (tertiary alicyclic amines) is 1. The molecular weight excluding hydrogens is 310 g/mol. The van der Waals surface area contributed by atoms with Crippen LogP contribution in [-0.4, -0.2) is 72.0 Å². The average molecular weight is 350 g/mol. The van der Waals surface area contributed by atoms with E-state index in [2.05, 4.69) is 35.5 Å². The van der Waals surface area contributed by atoms with Crippen LogP contribution in [0.1, 0.15) is 65.7 Å². The van der Waals surface area contributed by atoms with Crippen molar-refractivity contribution >= 4 is 5.91 Å². The van der Waals surface area contributed by atoms with Gasteiger partial charge in [0.25, 0.3) is 0 Å². The summed E-state index contributed by atoms with van der Waals surface area (Å²) in [6.45, 7) is 13.4. The van der Waals surface area contributed by atoms with Crippen LogP contribution in [0.3, 0.4) is 0 Å². The summed E-state index contributed by atoms with van der Waals surface area (Å²) in [5, 5.41) is 0. The first kappa shape index (κ1) is 19.2. The fourth-order valence-electron chi connectivity index (χ4n) is 5.01. The molecule has 4 heteroatoms. The van der Waals surface area contributed by atoms with Crippen LogP contribution in [0.4, 0.5) is 0 Å². The van der Waals surface area contributed by atoms with Crippen LogP contribution in [0.25, 0.3) is 0 Å². The van der Waals surface area contributed by atoms with Crippen LogP contribution in [0.2, 0.25) is 0 Å². The predicted octanol–water partition coefficient (Wildman–Crippen LogP) is 3.22. The van der Waals surface area contributed by atoms with E-state index in [0.717, 1.165) is 31.3 Å². The van der Waals surface area contributed by atoms with Crippen molar-refractivity contribution in [2.75, 3.05) is 39.3 Å². The minimum atomic E-state index is 0.352. The second-order valence-corrected chi connectivity index (χ2v) is 8.97. The van der Waals surface area contributed by atoms with Gasteiger partial charge in [-0.1, -0.05) is 13.8 Å². The lowest BCUT2D eigenvalue weighted by Crippen LogP contribution is -2.56. The molecule has 1 amide bonds. The Bertz CT molecular complexity index is 425. The lowest BCUT2D eigenvalue weighted by molar-refractivity contribution is -0.139. The molecule has 25 heavy (non-hydrogen) atoms. The van der Waals surface area contributed by atoms with Crippen LogP contribution in [0.15, 0.2) is 0 Å². The van der Waals surface area contributed by atoms with Gasteiger partial charge in [0.1, 0.15) is 0 Å². The molecule has 0 radical (unpaired) electrons. The molecule has 2 saturated heterocycles. The largest absolute Gasteiger partial charge is 0.338 e. The summed E-state index contributed by atoms with van der Waals surface area (Å²) in [6, 6.07) is 1.05. The fraction of sp³-hybridized carbons (Fsp3) is 0.952. The number of nitrogens with zero attached hydrogens (tertiary/aromatic N) is 3. The number of piperidine rings is 1. The van der Waals surface area contributed by atoms with Gasteiger partial charge in [-0.3, -0.25) is 9.69 Å². The average Bonchev–Trinajstić information content (AvgIpc) is 2.63. The van der Waals surface area contributed by atoms with Crippen molar-refractivity contribution in [3.8, 4) is 0 Å². The molecule has 2 heterocycles. The maximum absolute atomic E-state index is 12.5. The Morgan fingerprint density at radius 1 is 1.00 bits per heavy atom. The minimum absolute atomic E-state index is 0.352. The van der Waals surface area contributed by atoms with Gasteiger partial charge in [-0.25, -0.2) is 0 Å². The lowest BCUT2D eigenvalue weighted by atomic mass is 9.84. The van der Waals surface area contributed by atoms with E-state index in [9.17, 15) is 4.79 Å². The van der Waals surface area contributed by atoms with Gasteiger partial charge in [-0.2, -0.15) is 0 Å². The number of carbonyl (C=O) groups excluding carboxylic acids is 1. The van der Waals surface area contributed by atoms with Crippen LogP contribution < -0.4 is 0 Å². The molecule has 2 aliphatic heterocycles. The van der Waals surface area contributed by atoms with Crippen molar-refractivity contribution in [3.05, 3.63) is 0 Å². The Hall–Kier alpha value is -0.610. The maximum Gasteiger partial charge on any atom is 0.237 e. The first-order chi connectivity index (χ1) is 12.1. The van der Waals surface area contributed by atoms with E-state index in [4.69, 9.17) is 0 Å². The van der Waals surface area contributed by atoms with Crippen molar-refractivity contribution < 1.29 is 4.79 Å². The highest BCUT2D eigenvalue weighted by Crippen LogP contribution is 2.30. The SMILES string of the molecule is CCC(C)N1CCN([C@H]2CC[C@H](CN3CCC(C)CC3)CC2)CC1=O. The summed E-state index contributed by atoms with van der Waals surface area (Å²) in [5.74, 6) is 2.17. The molecule has 4 nitrogen and oxygen atoms in total. The monoisotopic (exact) mass is 349 g/mol. The minimum Gasteiger partial charge on any atom is -0.338 e. The molecule has 0 N–H and O–H groups in total. The predicted molar refractivity (Wildman–Crippen MR) is 104 cm³/mol. The van der Waals surface area contributed by atoms with Gasteiger partial charge in [-0.05, 0) is 76.8 Å². The molecule has 1 aliphatic carbocycles. The molecule has 0 aromatic heterocycles. The summed E-state index contributed by atoms with van der Waals surface area (Å²) in [6.07, 6.45) is 9.14. The molecule has 0 aromatic carbocycles. The maximum atomic E-state index is 12.5. The Morgan fingerprint density at radius 2 is 1.68 bits per heavy atom. The van der Waals surface area contributed by atoms with Gasteiger partial charge in [0.05, 0.1) is 6.54 Å². The number of hydrogen-bond acceptors (Lipinski definition) is 3. The lowest BCUT2D eigenvalue weighted by Gasteiger charge is -2.43. The first-order valence-corrected chi connectivity index (χ1v) is 10.8. The van der Waals surface area contributed by atoms with Gasteiger partial charge >= 0.3 is 0 Å². The Labute approximate surface area is 154 Å². The van der Waals surface area contributed by atoms with Gasteiger partial charge < -0.3 is 9.80 Å². The van der Waals surface area contributed by atoms with Gasteiger partial charge in [0, 0.05) is 31.7 Å². The molecule has 0 bridgehead atoms. The molecule has 1 atom stereocenters. The second-order valence-electron chi connectivity index (χ2n) is 8.97. The molecule has 144 valence electrons. The molecule has 3 aliphatic rings. The van der Waals surface area contributed by atoms with Crippen molar-refractivity contribution in [1.82, 2.24) is 14.7 Å². The van der Waals surface area contributed by atoms with Crippen molar-refractivity contribution in [3.63, 3.8) is 0 Å². The number of hydrogen-bond donors (Lipinski definition) is 0. The smallest absolute Gasteiger partial charge is 0.237 e. The topological polar surface area (TPSA) is 26.8 Å². The standard InChI is InChI=1S/C21H39N3O/c1-4-18(3)24-14-13-23(16-21(24)25)20-7-5-19(6-8-20)15-22-11-9-17(2)10-12-22/h17-20H,4-16H2,1-3H3/t18?,19-,20-.